The van der Waals surface area contributed by atoms with Crippen molar-refractivity contribution in [2.45, 2.75) is 0 Å². The van der Waals surface area contributed by atoms with Crippen LogP contribution in [0.3, 0.4) is 0 Å². The number of hydrogen-bond donors (Lipinski definition) is 2. The van der Waals surface area contributed by atoms with E-state index < -0.39 is 0 Å². The van der Waals surface area contributed by atoms with Crippen LogP contribution in [-0.2, 0) is 0 Å². The molecule has 2 N–H and O–H groups in total. The molecule has 20 heavy (non-hydrogen) atoms. The number of nitrogens with one attached hydrogen (secondary N) is 1. The molecule has 6 nitrogen and oxygen atoms in total. The molecule has 1 heterocycles. The van der Waals surface area contributed by atoms with Crippen LogP contribution in [0.4, 0.5) is 0 Å². The Kier molecular flexibility index (Phi) is 4.28. The fourth-order valence-electron chi connectivity index (χ4n) is 1.51. The standard InChI is InChI=1S/C14H13N3O3/c1-20-13-5-4-10(7-12(13)18)8-16-17-14(19)11-3-2-6-15-9-11/h2-9,18H,1H3,(H,17,19)/b16-8-. The monoisotopic (exact) mass is 271 g/mol. The molecule has 0 aliphatic rings. The van der Waals surface area contributed by atoms with Gasteiger partial charge in [-0.2, -0.15) is 5.10 Å². The van der Waals surface area contributed by atoms with Crippen molar-refractivity contribution < 1.29 is 14.6 Å². The number of carbonyl (C=O) groups is 1. The van der Waals surface area contributed by atoms with Crippen LogP contribution in [0, 0.1) is 0 Å². The third-order valence-corrected chi connectivity index (χ3v) is 2.51. The molecule has 0 aliphatic heterocycles. The summed E-state index contributed by atoms with van der Waals surface area (Å²) in [4.78, 5) is 15.5. The average Bonchev–Trinajstić information content (AvgIpc) is 2.48. The van der Waals surface area contributed by atoms with Crippen molar-refractivity contribution in [2.75, 3.05) is 7.11 Å². The maximum absolute atomic E-state index is 11.7. The smallest absolute Gasteiger partial charge is 0.272 e. The third kappa shape index (κ3) is 3.32. The van der Waals surface area contributed by atoms with Gasteiger partial charge in [0.15, 0.2) is 11.5 Å². The van der Waals surface area contributed by atoms with Crippen LogP contribution in [0.2, 0.25) is 0 Å². The fourth-order valence-corrected chi connectivity index (χ4v) is 1.51. The quantitative estimate of drug-likeness (QED) is 0.653. The zero-order chi connectivity index (χ0) is 14.4. The molecular weight excluding hydrogens is 258 g/mol. The molecule has 1 aromatic heterocycles. The molecule has 0 spiro atoms. The molecule has 0 saturated carbocycles. The van der Waals surface area contributed by atoms with Crippen LogP contribution in [0.1, 0.15) is 15.9 Å². The van der Waals surface area contributed by atoms with E-state index in [2.05, 4.69) is 15.5 Å². The predicted molar refractivity (Wildman–Crippen MR) is 74.0 cm³/mol. The Morgan fingerprint density at radius 2 is 2.30 bits per heavy atom. The summed E-state index contributed by atoms with van der Waals surface area (Å²) >= 11 is 0. The number of phenolic OH excluding ortho intramolecular Hbond substituents is 1. The molecule has 1 aromatic carbocycles. The molecule has 0 bridgehead atoms. The van der Waals surface area contributed by atoms with Crippen LogP contribution < -0.4 is 10.2 Å². The summed E-state index contributed by atoms with van der Waals surface area (Å²) in [7, 11) is 1.47. The number of pyridine rings is 1. The molecule has 0 aliphatic carbocycles. The van der Waals surface area contributed by atoms with Gasteiger partial charge in [0.1, 0.15) is 0 Å². The second-order valence-electron chi connectivity index (χ2n) is 3.87. The zero-order valence-corrected chi connectivity index (χ0v) is 10.8. The summed E-state index contributed by atoms with van der Waals surface area (Å²) in [6.07, 6.45) is 4.46. The van der Waals surface area contributed by atoms with Crippen LogP contribution in [-0.4, -0.2) is 29.3 Å². The van der Waals surface area contributed by atoms with Crippen molar-refractivity contribution in [1.29, 1.82) is 0 Å². The van der Waals surface area contributed by atoms with Crippen molar-refractivity contribution in [3.8, 4) is 11.5 Å². The van der Waals surface area contributed by atoms with E-state index in [1.807, 2.05) is 0 Å². The highest BCUT2D eigenvalue weighted by Gasteiger charge is 2.03. The largest absolute Gasteiger partial charge is 0.504 e. The van der Waals surface area contributed by atoms with E-state index in [0.717, 1.165) is 0 Å². The van der Waals surface area contributed by atoms with Crippen LogP contribution >= 0.6 is 0 Å². The summed E-state index contributed by atoms with van der Waals surface area (Å²) in [5.41, 5.74) is 3.43. The van der Waals surface area contributed by atoms with E-state index in [0.29, 0.717) is 16.9 Å². The number of amides is 1. The predicted octanol–water partition coefficient (Wildman–Crippen LogP) is 1.56. The Hall–Kier alpha value is -2.89. The molecule has 0 atom stereocenters. The Balaban J connectivity index is 2.00. The van der Waals surface area contributed by atoms with Gasteiger partial charge >= 0.3 is 0 Å². The number of hydrogen-bond acceptors (Lipinski definition) is 5. The normalized spacial score (nSPS) is 10.4. The number of nitrogens with zero attached hydrogens (tertiary/aromatic N) is 2. The van der Waals surface area contributed by atoms with E-state index in [9.17, 15) is 9.90 Å². The summed E-state index contributed by atoms with van der Waals surface area (Å²) in [5, 5.41) is 13.4. The van der Waals surface area contributed by atoms with Crippen molar-refractivity contribution in [3.05, 3.63) is 53.9 Å². The maximum Gasteiger partial charge on any atom is 0.272 e. The van der Waals surface area contributed by atoms with Crippen molar-refractivity contribution in [1.82, 2.24) is 10.4 Å². The summed E-state index contributed by atoms with van der Waals surface area (Å²) in [5.74, 6) is 0.0312. The van der Waals surface area contributed by atoms with E-state index in [-0.39, 0.29) is 11.7 Å². The number of aromatic nitrogens is 1. The molecule has 6 heteroatoms. The van der Waals surface area contributed by atoms with Gasteiger partial charge in [-0.3, -0.25) is 9.78 Å². The SMILES string of the molecule is COc1ccc(/C=N\NC(=O)c2cccnc2)cc1O. The fraction of sp³-hybridized carbons (Fsp3) is 0.0714. The first kappa shape index (κ1) is 13.5. The topological polar surface area (TPSA) is 83.8 Å². The van der Waals surface area contributed by atoms with Gasteiger partial charge in [0, 0.05) is 12.4 Å². The summed E-state index contributed by atoms with van der Waals surface area (Å²) in [6, 6.07) is 8.10. The number of rotatable bonds is 4. The molecule has 0 radical (unpaired) electrons. The Morgan fingerprint density at radius 3 is 2.95 bits per heavy atom. The van der Waals surface area contributed by atoms with Gasteiger partial charge in [-0.1, -0.05) is 0 Å². The highest BCUT2D eigenvalue weighted by Crippen LogP contribution is 2.25. The minimum absolute atomic E-state index is 0.00929. The van der Waals surface area contributed by atoms with Gasteiger partial charge in [-0.25, -0.2) is 5.43 Å². The van der Waals surface area contributed by atoms with Crippen LogP contribution in [0.25, 0.3) is 0 Å². The molecular formula is C14H13N3O3. The number of carbonyl (C=O) groups excluding carboxylic acids is 1. The molecule has 0 unspecified atom stereocenters. The van der Waals surface area contributed by atoms with E-state index in [1.165, 1.54) is 25.6 Å². The second kappa shape index (κ2) is 6.33. The van der Waals surface area contributed by atoms with Crippen molar-refractivity contribution in [3.63, 3.8) is 0 Å². The van der Waals surface area contributed by atoms with Crippen molar-refractivity contribution >= 4 is 12.1 Å². The number of phenols is 1. The van der Waals surface area contributed by atoms with E-state index >= 15 is 0 Å². The number of benzene rings is 1. The lowest BCUT2D eigenvalue weighted by atomic mass is 10.2. The van der Waals surface area contributed by atoms with Gasteiger partial charge in [0.05, 0.1) is 18.9 Å². The second-order valence-corrected chi connectivity index (χ2v) is 3.87. The molecule has 2 aromatic rings. The molecule has 102 valence electrons. The molecule has 0 saturated heterocycles. The average molecular weight is 271 g/mol. The Morgan fingerprint density at radius 1 is 1.45 bits per heavy atom. The lowest BCUT2D eigenvalue weighted by Crippen LogP contribution is -2.17. The summed E-state index contributed by atoms with van der Waals surface area (Å²) < 4.78 is 4.93. The maximum atomic E-state index is 11.7. The van der Waals surface area contributed by atoms with E-state index in [4.69, 9.17) is 4.74 Å². The first-order chi connectivity index (χ1) is 9.70. The molecule has 0 fully saturated rings. The Labute approximate surface area is 115 Å². The van der Waals surface area contributed by atoms with Crippen LogP contribution in [0.5, 0.6) is 11.5 Å². The first-order valence-electron chi connectivity index (χ1n) is 5.81. The lowest BCUT2D eigenvalue weighted by Gasteiger charge is -2.03. The number of hydrazone groups is 1. The Bertz CT molecular complexity index is 627. The first-order valence-corrected chi connectivity index (χ1v) is 5.81. The highest BCUT2D eigenvalue weighted by atomic mass is 16.5. The number of methoxy groups -OCH3 is 1. The highest BCUT2D eigenvalue weighted by molar-refractivity contribution is 5.94. The zero-order valence-electron chi connectivity index (χ0n) is 10.8. The van der Waals surface area contributed by atoms with Crippen LogP contribution in [0.15, 0.2) is 47.8 Å². The summed E-state index contributed by atoms with van der Waals surface area (Å²) in [6.45, 7) is 0. The van der Waals surface area contributed by atoms with Gasteiger partial charge in [0.2, 0.25) is 0 Å². The lowest BCUT2D eigenvalue weighted by molar-refractivity contribution is 0.0955. The van der Waals surface area contributed by atoms with E-state index in [1.54, 1.807) is 30.5 Å². The molecule has 2 rings (SSSR count). The van der Waals surface area contributed by atoms with Gasteiger partial charge in [-0.05, 0) is 35.9 Å². The number of ether oxygens (including phenoxy) is 1. The van der Waals surface area contributed by atoms with Gasteiger partial charge < -0.3 is 9.84 Å². The number of aromatic hydroxyl groups is 1. The minimum atomic E-state index is -0.355. The molecule has 1 amide bonds. The van der Waals surface area contributed by atoms with Crippen molar-refractivity contribution in [2.24, 2.45) is 5.10 Å². The minimum Gasteiger partial charge on any atom is -0.504 e. The third-order valence-electron chi connectivity index (χ3n) is 2.51. The van der Waals surface area contributed by atoms with Gasteiger partial charge in [0.25, 0.3) is 5.91 Å². The van der Waals surface area contributed by atoms with Gasteiger partial charge in [-0.15, -0.1) is 0 Å².